The second-order valence-corrected chi connectivity index (χ2v) is 6.27. The Bertz CT molecular complexity index is 660. The highest BCUT2D eigenvalue weighted by molar-refractivity contribution is 7.89. The monoisotopic (exact) mass is 283 g/mol. The van der Waals surface area contributed by atoms with Crippen LogP contribution >= 0.6 is 0 Å². The van der Waals surface area contributed by atoms with Crippen molar-refractivity contribution >= 4 is 21.0 Å². The van der Waals surface area contributed by atoms with Gasteiger partial charge in [-0.1, -0.05) is 0 Å². The van der Waals surface area contributed by atoms with Crippen LogP contribution in [0.15, 0.2) is 28.9 Å². The Morgan fingerprint density at radius 3 is 2.84 bits per heavy atom. The number of hydrogen-bond acceptors (Lipinski definition) is 4. The van der Waals surface area contributed by atoms with Crippen LogP contribution in [0.25, 0.3) is 11.0 Å². The van der Waals surface area contributed by atoms with Gasteiger partial charge in [0.2, 0.25) is 10.0 Å². The molecule has 1 heterocycles. The molecule has 19 heavy (non-hydrogen) atoms. The van der Waals surface area contributed by atoms with E-state index in [1.54, 1.807) is 20.3 Å². The van der Waals surface area contributed by atoms with Crippen molar-refractivity contribution in [2.45, 2.75) is 13.3 Å². The Labute approximate surface area is 112 Å². The zero-order valence-corrected chi connectivity index (χ0v) is 11.8. The molecule has 0 spiro atoms. The van der Waals surface area contributed by atoms with Crippen molar-refractivity contribution in [3.8, 4) is 5.75 Å². The van der Waals surface area contributed by atoms with E-state index in [4.69, 9.17) is 9.15 Å². The lowest BCUT2D eigenvalue weighted by molar-refractivity contribution is 0.415. The van der Waals surface area contributed by atoms with Gasteiger partial charge in [0.25, 0.3) is 0 Å². The van der Waals surface area contributed by atoms with Crippen LogP contribution in [0.3, 0.4) is 0 Å². The minimum Gasteiger partial charge on any atom is -0.497 e. The molecule has 1 N–H and O–H groups in total. The predicted molar refractivity (Wildman–Crippen MR) is 73.9 cm³/mol. The molecule has 0 aliphatic heterocycles. The van der Waals surface area contributed by atoms with E-state index in [9.17, 15) is 8.42 Å². The largest absolute Gasteiger partial charge is 0.497 e. The van der Waals surface area contributed by atoms with Crippen LogP contribution in [-0.4, -0.2) is 27.8 Å². The molecule has 0 fully saturated rings. The van der Waals surface area contributed by atoms with Crippen LogP contribution in [0.2, 0.25) is 0 Å². The molecule has 6 heteroatoms. The summed E-state index contributed by atoms with van der Waals surface area (Å²) in [5, 5.41) is 0.954. The standard InChI is InChI=1S/C13H17NO4S/c1-3-19(15,16)14-7-6-10-9-18-13-5-4-11(17-2)8-12(10)13/h4-5,8-9,14H,3,6-7H2,1-2H3. The second kappa shape index (κ2) is 5.63. The van der Waals surface area contributed by atoms with Gasteiger partial charge in [-0.05, 0) is 37.1 Å². The van der Waals surface area contributed by atoms with E-state index in [0.717, 1.165) is 22.3 Å². The van der Waals surface area contributed by atoms with E-state index in [2.05, 4.69) is 4.72 Å². The number of benzene rings is 1. The van der Waals surface area contributed by atoms with E-state index in [1.165, 1.54) is 0 Å². The molecule has 0 radical (unpaired) electrons. The fourth-order valence-corrected chi connectivity index (χ4v) is 2.44. The molecule has 2 rings (SSSR count). The van der Waals surface area contributed by atoms with E-state index in [1.807, 2.05) is 18.2 Å². The Hall–Kier alpha value is -1.53. The SMILES string of the molecule is CCS(=O)(=O)NCCc1coc2ccc(OC)cc12. The van der Waals surface area contributed by atoms with E-state index < -0.39 is 10.0 Å². The van der Waals surface area contributed by atoms with Gasteiger partial charge in [0.05, 0.1) is 19.1 Å². The number of sulfonamides is 1. The second-order valence-electron chi connectivity index (χ2n) is 4.17. The summed E-state index contributed by atoms with van der Waals surface area (Å²) in [5.41, 5.74) is 1.74. The van der Waals surface area contributed by atoms with E-state index in [0.29, 0.717) is 13.0 Å². The molecular weight excluding hydrogens is 266 g/mol. The van der Waals surface area contributed by atoms with Crippen LogP contribution in [0.1, 0.15) is 12.5 Å². The lowest BCUT2D eigenvalue weighted by Crippen LogP contribution is -2.27. The molecule has 0 aliphatic rings. The van der Waals surface area contributed by atoms with Crippen LogP contribution in [0.5, 0.6) is 5.75 Å². The maximum Gasteiger partial charge on any atom is 0.211 e. The highest BCUT2D eigenvalue weighted by atomic mass is 32.2. The van der Waals surface area contributed by atoms with Gasteiger partial charge < -0.3 is 9.15 Å². The third-order valence-corrected chi connectivity index (χ3v) is 4.36. The fraction of sp³-hybridized carbons (Fsp3) is 0.385. The zero-order valence-electron chi connectivity index (χ0n) is 11.0. The third-order valence-electron chi connectivity index (χ3n) is 2.96. The zero-order chi connectivity index (χ0) is 13.9. The van der Waals surface area contributed by atoms with Crippen LogP contribution < -0.4 is 9.46 Å². The summed E-state index contributed by atoms with van der Waals surface area (Å²) in [6.07, 6.45) is 2.24. The van der Waals surface area contributed by atoms with Crippen molar-refractivity contribution in [3.05, 3.63) is 30.0 Å². The molecule has 5 nitrogen and oxygen atoms in total. The summed E-state index contributed by atoms with van der Waals surface area (Å²) in [6, 6.07) is 5.56. The number of furan rings is 1. The maximum atomic E-state index is 11.3. The van der Waals surface area contributed by atoms with Gasteiger partial charge in [-0.25, -0.2) is 13.1 Å². The van der Waals surface area contributed by atoms with Gasteiger partial charge in [-0.2, -0.15) is 0 Å². The molecule has 0 atom stereocenters. The van der Waals surface area contributed by atoms with E-state index >= 15 is 0 Å². The third kappa shape index (κ3) is 3.27. The van der Waals surface area contributed by atoms with Gasteiger partial charge in [0.15, 0.2) is 0 Å². The minimum atomic E-state index is -3.14. The van der Waals surface area contributed by atoms with Gasteiger partial charge >= 0.3 is 0 Å². The lowest BCUT2D eigenvalue weighted by atomic mass is 10.1. The molecule has 0 bridgehead atoms. The van der Waals surface area contributed by atoms with E-state index in [-0.39, 0.29) is 5.75 Å². The van der Waals surface area contributed by atoms with Crippen molar-refractivity contribution in [1.82, 2.24) is 4.72 Å². The Morgan fingerprint density at radius 2 is 2.16 bits per heavy atom. The van der Waals surface area contributed by atoms with Crippen molar-refractivity contribution in [1.29, 1.82) is 0 Å². The number of methoxy groups -OCH3 is 1. The molecule has 1 aromatic heterocycles. The quantitative estimate of drug-likeness (QED) is 0.879. The maximum absolute atomic E-state index is 11.3. The highest BCUT2D eigenvalue weighted by Crippen LogP contribution is 2.25. The van der Waals surface area contributed by atoms with Gasteiger partial charge in [-0.15, -0.1) is 0 Å². The molecule has 0 saturated heterocycles. The molecule has 0 amide bonds. The Balaban J connectivity index is 2.12. The Kier molecular flexibility index (Phi) is 4.11. The number of nitrogens with one attached hydrogen (secondary N) is 1. The van der Waals surface area contributed by atoms with Crippen LogP contribution in [-0.2, 0) is 16.4 Å². The van der Waals surface area contributed by atoms with Gasteiger partial charge in [0.1, 0.15) is 11.3 Å². The normalized spacial score (nSPS) is 11.9. The molecule has 1 aromatic carbocycles. The number of fused-ring (bicyclic) bond motifs is 1. The highest BCUT2D eigenvalue weighted by Gasteiger charge is 2.09. The van der Waals surface area contributed by atoms with Crippen molar-refractivity contribution < 1.29 is 17.6 Å². The summed E-state index contributed by atoms with van der Waals surface area (Å²) in [6.45, 7) is 1.97. The first kappa shape index (κ1) is 13.9. The minimum absolute atomic E-state index is 0.0902. The smallest absolute Gasteiger partial charge is 0.211 e. The van der Waals surface area contributed by atoms with Crippen LogP contribution in [0, 0.1) is 0 Å². The molecule has 0 unspecified atom stereocenters. The Morgan fingerprint density at radius 1 is 1.37 bits per heavy atom. The fourth-order valence-electron chi connectivity index (χ4n) is 1.82. The van der Waals surface area contributed by atoms with Crippen molar-refractivity contribution in [3.63, 3.8) is 0 Å². The number of rotatable bonds is 6. The number of hydrogen-bond donors (Lipinski definition) is 1. The molecule has 0 aliphatic carbocycles. The van der Waals surface area contributed by atoms with Crippen molar-refractivity contribution in [2.24, 2.45) is 0 Å². The van der Waals surface area contributed by atoms with Gasteiger partial charge in [0, 0.05) is 11.9 Å². The average molecular weight is 283 g/mol. The molecular formula is C13H17NO4S. The summed E-state index contributed by atoms with van der Waals surface area (Å²) < 4.78 is 35.8. The molecule has 2 aromatic rings. The molecule has 104 valence electrons. The predicted octanol–water partition coefficient (Wildman–Crippen LogP) is 1.92. The first-order valence-corrected chi connectivity index (χ1v) is 7.72. The summed E-state index contributed by atoms with van der Waals surface area (Å²) in [5.74, 6) is 0.844. The van der Waals surface area contributed by atoms with Gasteiger partial charge in [-0.3, -0.25) is 0 Å². The first-order valence-electron chi connectivity index (χ1n) is 6.07. The lowest BCUT2D eigenvalue weighted by Gasteiger charge is -2.03. The average Bonchev–Trinajstić information content (AvgIpc) is 2.81. The summed E-state index contributed by atoms with van der Waals surface area (Å²) in [4.78, 5) is 0. The van der Waals surface area contributed by atoms with Crippen LogP contribution in [0.4, 0.5) is 0 Å². The summed E-state index contributed by atoms with van der Waals surface area (Å²) in [7, 11) is -1.54. The van der Waals surface area contributed by atoms with Crippen molar-refractivity contribution in [2.75, 3.05) is 19.4 Å². The summed E-state index contributed by atoms with van der Waals surface area (Å²) >= 11 is 0. The first-order chi connectivity index (χ1) is 9.05. The molecule has 0 saturated carbocycles. The number of ether oxygens (including phenoxy) is 1. The topological polar surface area (TPSA) is 68.5 Å².